The molecule has 1 aromatic heterocycles. The fraction of sp³-hybridized carbons (Fsp3) is 0.355. The van der Waals surface area contributed by atoms with Crippen LogP contribution in [0.5, 0.6) is 0 Å². The van der Waals surface area contributed by atoms with E-state index in [-0.39, 0.29) is 37.1 Å². The van der Waals surface area contributed by atoms with E-state index in [0.29, 0.717) is 26.2 Å². The minimum absolute atomic E-state index is 0. The summed E-state index contributed by atoms with van der Waals surface area (Å²) < 4.78 is 0. The predicted molar refractivity (Wildman–Crippen MR) is 158 cm³/mol. The second-order valence-corrected chi connectivity index (χ2v) is 11.8. The summed E-state index contributed by atoms with van der Waals surface area (Å²) in [4.78, 5) is 49.8. The normalized spacial score (nSPS) is 21.6. The molecular formula is C31H35N5O3S. The molecule has 2 atom stereocenters. The monoisotopic (exact) mass is 557 g/mol. The van der Waals surface area contributed by atoms with E-state index >= 15 is 0 Å². The van der Waals surface area contributed by atoms with Crippen molar-refractivity contribution in [1.29, 1.82) is 0 Å². The molecule has 8 nitrogen and oxygen atoms in total. The molecule has 2 fully saturated rings. The fourth-order valence-electron chi connectivity index (χ4n) is 5.90. The van der Waals surface area contributed by atoms with E-state index in [0.717, 1.165) is 41.6 Å². The van der Waals surface area contributed by atoms with Gasteiger partial charge in [0.15, 0.2) is 0 Å². The number of likely N-dealkylation sites (tertiary alicyclic amines) is 1. The lowest BCUT2D eigenvalue weighted by molar-refractivity contribution is -0.137. The number of para-hydroxylation sites is 1. The number of urea groups is 1. The molecule has 3 aromatic rings. The minimum atomic E-state index is -0.429. The highest BCUT2D eigenvalue weighted by molar-refractivity contribution is 8.01. The number of anilines is 1. The summed E-state index contributed by atoms with van der Waals surface area (Å²) in [7, 11) is 0. The van der Waals surface area contributed by atoms with Gasteiger partial charge in [0.1, 0.15) is 5.37 Å². The van der Waals surface area contributed by atoms with Crippen LogP contribution in [0.4, 0.5) is 10.5 Å². The molecule has 6 rings (SSSR count). The zero-order valence-electron chi connectivity index (χ0n) is 22.3. The lowest BCUT2D eigenvalue weighted by Crippen LogP contribution is -2.50. The van der Waals surface area contributed by atoms with Gasteiger partial charge in [-0.25, -0.2) is 4.79 Å². The van der Waals surface area contributed by atoms with E-state index < -0.39 is 5.25 Å². The molecule has 3 aliphatic rings. The van der Waals surface area contributed by atoms with Gasteiger partial charge in [0.25, 0.3) is 0 Å². The molecular weight excluding hydrogens is 522 g/mol. The second kappa shape index (κ2) is 11.7. The summed E-state index contributed by atoms with van der Waals surface area (Å²) in [5.41, 5.74) is 4.05. The molecule has 3 aliphatic heterocycles. The predicted octanol–water partition coefficient (Wildman–Crippen LogP) is 4.94. The number of hydrogen-bond acceptors (Lipinski definition) is 5. The molecule has 1 N–H and O–H groups in total. The first-order valence-electron chi connectivity index (χ1n) is 13.9. The summed E-state index contributed by atoms with van der Waals surface area (Å²) >= 11 is 1.56. The van der Waals surface area contributed by atoms with Crippen molar-refractivity contribution in [2.24, 2.45) is 0 Å². The van der Waals surface area contributed by atoms with E-state index in [4.69, 9.17) is 0 Å². The van der Waals surface area contributed by atoms with Gasteiger partial charge in [-0.2, -0.15) is 0 Å². The molecule has 0 saturated carbocycles. The zero-order chi connectivity index (χ0) is 27.5. The lowest BCUT2D eigenvalue weighted by Gasteiger charge is -2.38. The molecule has 208 valence electrons. The van der Waals surface area contributed by atoms with Crippen LogP contribution in [0.1, 0.15) is 42.8 Å². The highest BCUT2D eigenvalue weighted by Crippen LogP contribution is 2.45. The van der Waals surface area contributed by atoms with Crippen LogP contribution >= 0.6 is 11.8 Å². The maximum absolute atomic E-state index is 13.6. The molecule has 40 heavy (non-hydrogen) atoms. The third-order valence-electron chi connectivity index (χ3n) is 8.06. The van der Waals surface area contributed by atoms with Crippen molar-refractivity contribution in [3.05, 3.63) is 95.8 Å². The summed E-state index contributed by atoms with van der Waals surface area (Å²) in [6.07, 6.45) is 5.98. The number of carbonyl (C=O) groups excluding carboxylic acids is 3. The van der Waals surface area contributed by atoms with Crippen LogP contribution in [0, 0.1) is 0 Å². The van der Waals surface area contributed by atoms with Crippen molar-refractivity contribution < 1.29 is 15.8 Å². The first kappa shape index (κ1) is 26.4. The molecule has 0 spiro atoms. The SMILES string of the molecule is O=C(CC1SC(c2ccccc2)N(Cc2cccnc2)C1=O)N1CCC(N2CCc3ccccc3NC2=O)CC1.[HH]. The highest BCUT2D eigenvalue weighted by atomic mass is 32.2. The van der Waals surface area contributed by atoms with Crippen LogP contribution in [0.2, 0.25) is 0 Å². The number of thioether (sulfide) groups is 1. The topological polar surface area (TPSA) is 85.8 Å². The average Bonchev–Trinajstić information content (AvgIpc) is 3.18. The van der Waals surface area contributed by atoms with Gasteiger partial charge in [-0.1, -0.05) is 54.6 Å². The summed E-state index contributed by atoms with van der Waals surface area (Å²) in [6, 6.07) is 21.8. The van der Waals surface area contributed by atoms with E-state index in [9.17, 15) is 14.4 Å². The number of fused-ring (bicyclic) bond motifs is 1. The molecule has 2 saturated heterocycles. The number of amides is 4. The maximum atomic E-state index is 13.6. The van der Waals surface area contributed by atoms with Gasteiger partial charge in [-0.05, 0) is 48.1 Å². The van der Waals surface area contributed by atoms with Crippen LogP contribution in [0.3, 0.4) is 0 Å². The van der Waals surface area contributed by atoms with Crippen LogP contribution in [-0.4, -0.2) is 68.5 Å². The Morgan fingerprint density at radius 2 is 1.75 bits per heavy atom. The number of nitrogens with one attached hydrogen (secondary N) is 1. The first-order valence-corrected chi connectivity index (χ1v) is 14.8. The number of benzene rings is 2. The van der Waals surface area contributed by atoms with E-state index in [1.165, 1.54) is 0 Å². The van der Waals surface area contributed by atoms with Crippen LogP contribution in [0.15, 0.2) is 79.1 Å². The van der Waals surface area contributed by atoms with Crippen molar-refractivity contribution in [2.45, 2.75) is 48.9 Å². The van der Waals surface area contributed by atoms with Gasteiger partial charge >= 0.3 is 6.03 Å². The van der Waals surface area contributed by atoms with Crippen molar-refractivity contribution in [3.8, 4) is 0 Å². The number of pyridine rings is 1. The fourth-order valence-corrected chi connectivity index (χ4v) is 7.34. The summed E-state index contributed by atoms with van der Waals surface area (Å²) in [5.74, 6) is -0.00110. The van der Waals surface area contributed by atoms with Crippen LogP contribution in [0.25, 0.3) is 0 Å². The second-order valence-electron chi connectivity index (χ2n) is 10.6. The van der Waals surface area contributed by atoms with Crippen molar-refractivity contribution >= 4 is 35.3 Å². The standard InChI is InChI=1S/C31H33N5O3S.H2/c37-28(34-16-13-25(14-17-34)35-18-12-23-8-4-5-11-26(23)33-31(35)39)19-27-29(38)36(21-22-7-6-15-32-20-22)30(40-27)24-9-2-1-3-10-24;/h1-11,15,20,25,27,30H,12-14,16-19,21H2,(H,33,39);1H. The Morgan fingerprint density at radius 1 is 0.975 bits per heavy atom. The minimum Gasteiger partial charge on any atom is -0.342 e. The summed E-state index contributed by atoms with van der Waals surface area (Å²) in [6.45, 7) is 2.31. The number of aromatic nitrogens is 1. The van der Waals surface area contributed by atoms with Gasteiger partial charge in [0.2, 0.25) is 11.8 Å². The number of nitrogens with zero attached hydrogens (tertiary/aromatic N) is 4. The van der Waals surface area contributed by atoms with Gasteiger partial charge in [-0.3, -0.25) is 14.6 Å². The smallest absolute Gasteiger partial charge is 0.322 e. The Kier molecular flexibility index (Phi) is 7.73. The Morgan fingerprint density at radius 3 is 2.52 bits per heavy atom. The lowest BCUT2D eigenvalue weighted by atomic mass is 10.0. The average molecular weight is 558 g/mol. The van der Waals surface area contributed by atoms with Crippen LogP contribution < -0.4 is 5.32 Å². The number of piperidine rings is 1. The van der Waals surface area contributed by atoms with E-state index in [1.807, 2.05) is 75.4 Å². The van der Waals surface area contributed by atoms with Crippen LogP contribution in [-0.2, 0) is 22.6 Å². The van der Waals surface area contributed by atoms with Crippen molar-refractivity contribution in [3.63, 3.8) is 0 Å². The summed E-state index contributed by atoms with van der Waals surface area (Å²) in [5, 5.41) is 2.47. The third kappa shape index (κ3) is 5.56. The molecule has 2 unspecified atom stereocenters. The molecule has 9 heteroatoms. The Hall–Kier alpha value is -3.85. The Balaban J connectivity index is 0.00000337. The van der Waals surface area contributed by atoms with Crippen molar-refractivity contribution in [1.82, 2.24) is 19.7 Å². The third-order valence-corrected chi connectivity index (χ3v) is 9.54. The molecule has 4 heterocycles. The quantitative estimate of drug-likeness (QED) is 0.464. The maximum Gasteiger partial charge on any atom is 0.322 e. The largest absolute Gasteiger partial charge is 0.342 e. The van der Waals surface area contributed by atoms with Gasteiger partial charge in [0, 0.05) is 58.1 Å². The molecule has 0 aliphatic carbocycles. The Labute approximate surface area is 240 Å². The number of hydrogen-bond donors (Lipinski definition) is 1. The number of rotatable bonds is 6. The van der Waals surface area contributed by atoms with Gasteiger partial charge < -0.3 is 20.0 Å². The molecule has 0 radical (unpaired) electrons. The molecule has 0 bridgehead atoms. The molecule has 4 amide bonds. The molecule has 2 aromatic carbocycles. The highest BCUT2D eigenvalue weighted by Gasteiger charge is 2.43. The van der Waals surface area contributed by atoms with Gasteiger partial charge in [0.05, 0.1) is 5.25 Å². The van der Waals surface area contributed by atoms with Gasteiger partial charge in [-0.15, -0.1) is 11.8 Å². The Bertz CT molecular complexity index is 1370. The van der Waals surface area contributed by atoms with E-state index in [1.54, 1.807) is 24.2 Å². The number of carbonyl (C=O) groups is 3. The van der Waals surface area contributed by atoms with E-state index in [2.05, 4.69) is 16.4 Å². The first-order chi connectivity index (χ1) is 19.6. The zero-order valence-corrected chi connectivity index (χ0v) is 23.1. The van der Waals surface area contributed by atoms with Crippen molar-refractivity contribution in [2.75, 3.05) is 25.0 Å².